The van der Waals surface area contributed by atoms with Crippen molar-refractivity contribution < 1.29 is 14.4 Å². The highest BCUT2D eigenvalue weighted by atomic mass is 16.2. The van der Waals surface area contributed by atoms with Crippen LogP contribution in [0.1, 0.15) is 35.8 Å². The van der Waals surface area contributed by atoms with E-state index in [0.29, 0.717) is 25.2 Å². The van der Waals surface area contributed by atoms with Crippen molar-refractivity contribution in [3.63, 3.8) is 0 Å². The molecule has 0 saturated carbocycles. The maximum atomic E-state index is 11.9. The van der Waals surface area contributed by atoms with Gasteiger partial charge in [-0.15, -0.1) is 0 Å². The quantitative estimate of drug-likeness (QED) is 0.878. The maximum Gasteiger partial charge on any atom is 0.251 e. The van der Waals surface area contributed by atoms with E-state index >= 15 is 0 Å². The highest BCUT2D eigenvalue weighted by molar-refractivity contribution is 5.94. The van der Waals surface area contributed by atoms with Gasteiger partial charge >= 0.3 is 0 Å². The number of carbonyl (C=O) groups is 3. The van der Waals surface area contributed by atoms with Gasteiger partial charge in [0.05, 0.1) is 6.04 Å². The first-order valence-electron chi connectivity index (χ1n) is 7.28. The van der Waals surface area contributed by atoms with Crippen molar-refractivity contribution in [2.75, 3.05) is 26.7 Å². The monoisotopic (exact) mass is 303 g/mol. The van der Waals surface area contributed by atoms with Crippen molar-refractivity contribution in [2.45, 2.75) is 19.9 Å². The number of hydrogen-bond donors (Lipinski definition) is 1. The minimum Gasteiger partial charge on any atom is -0.355 e. The van der Waals surface area contributed by atoms with E-state index in [0.717, 1.165) is 5.56 Å². The number of hydrogen-bond acceptors (Lipinski definition) is 3. The number of nitrogens with zero attached hydrogens (tertiary/aromatic N) is 2. The number of amides is 3. The molecule has 0 aliphatic carbocycles. The van der Waals surface area contributed by atoms with Crippen LogP contribution < -0.4 is 5.32 Å². The molecule has 1 heterocycles. The number of carbonyl (C=O) groups excluding carboxylic acids is 3. The largest absolute Gasteiger partial charge is 0.355 e. The van der Waals surface area contributed by atoms with Gasteiger partial charge in [0, 0.05) is 46.1 Å². The topological polar surface area (TPSA) is 69.7 Å². The van der Waals surface area contributed by atoms with Gasteiger partial charge in [0.1, 0.15) is 0 Å². The van der Waals surface area contributed by atoms with Gasteiger partial charge < -0.3 is 15.1 Å². The van der Waals surface area contributed by atoms with Gasteiger partial charge in [-0.3, -0.25) is 14.4 Å². The lowest BCUT2D eigenvalue weighted by atomic mass is 9.99. The second kappa shape index (κ2) is 6.60. The predicted molar refractivity (Wildman–Crippen MR) is 82.2 cm³/mol. The molecule has 1 aromatic rings. The van der Waals surface area contributed by atoms with Crippen LogP contribution in [0.25, 0.3) is 0 Å². The van der Waals surface area contributed by atoms with E-state index in [1.165, 1.54) is 13.8 Å². The fraction of sp³-hybridized carbons (Fsp3) is 0.438. The second-order valence-electron chi connectivity index (χ2n) is 5.40. The van der Waals surface area contributed by atoms with Crippen LogP contribution in [0.2, 0.25) is 0 Å². The van der Waals surface area contributed by atoms with Gasteiger partial charge in [-0.25, -0.2) is 0 Å². The van der Waals surface area contributed by atoms with Crippen molar-refractivity contribution in [3.8, 4) is 0 Å². The molecule has 2 rings (SSSR count). The Labute approximate surface area is 130 Å². The molecule has 1 N–H and O–H groups in total. The summed E-state index contributed by atoms with van der Waals surface area (Å²) in [6, 6.07) is 6.97. The fourth-order valence-corrected chi connectivity index (χ4v) is 2.76. The van der Waals surface area contributed by atoms with E-state index in [-0.39, 0.29) is 23.8 Å². The summed E-state index contributed by atoms with van der Waals surface area (Å²) in [6.45, 7) is 4.55. The van der Waals surface area contributed by atoms with Gasteiger partial charge in [-0.05, 0) is 17.7 Å². The Kier molecular flexibility index (Phi) is 4.80. The SMILES string of the molecule is CNC(=O)c1cccc([C@@H]2CN(C(C)=O)CCN2C(C)=O)c1. The minimum absolute atomic E-state index is 0.00402. The number of nitrogens with one attached hydrogen (secondary N) is 1. The number of piperazine rings is 1. The molecule has 1 fully saturated rings. The zero-order valence-corrected chi connectivity index (χ0v) is 13.1. The van der Waals surface area contributed by atoms with Crippen LogP contribution in [0.4, 0.5) is 0 Å². The first kappa shape index (κ1) is 16.0. The van der Waals surface area contributed by atoms with Crippen LogP contribution in [0.3, 0.4) is 0 Å². The van der Waals surface area contributed by atoms with Crippen LogP contribution in [0.5, 0.6) is 0 Å². The van der Waals surface area contributed by atoms with Crippen LogP contribution >= 0.6 is 0 Å². The van der Waals surface area contributed by atoms with Crippen molar-refractivity contribution in [2.24, 2.45) is 0 Å². The lowest BCUT2D eigenvalue weighted by molar-refractivity contribution is -0.140. The second-order valence-corrected chi connectivity index (χ2v) is 5.40. The summed E-state index contributed by atoms with van der Waals surface area (Å²) in [5.74, 6) is -0.204. The average molecular weight is 303 g/mol. The fourth-order valence-electron chi connectivity index (χ4n) is 2.76. The molecule has 22 heavy (non-hydrogen) atoms. The molecule has 118 valence electrons. The standard InChI is InChI=1S/C16H21N3O3/c1-11(20)18-7-8-19(12(2)21)15(10-18)13-5-4-6-14(9-13)16(22)17-3/h4-6,9,15H,7-8,10H2,1-3H3,(H,17,22)/t15-/m0/s1. The molecule has 1 aliphatic heterocycles. The van der Waals surface area contributed by atoms with Crippen LogP contribution in [-0.4, -0.2) is 54.2 Å². The maximum absolute atomic E-state index is 11.9. The summed E-state index contributed by atoms with van der Waals surface area (Å²) in [7, 11) is 1.58. The Morgan fingerprint density at radius 2 is 1.86 bits per heavy atom. The molecule has 0 spiro atoms. The highest BCUT2D eigenvalue weighted by Gasteiger charge is 2.31. The Morgan fingerprint density at radius 3 is 2.45 bits per heavy atom. The molecule has 1 atom stereocenters. The summed E-state index contributed by atoms with van der Waals surface area (Å²) in [4.78, 5) is 38.8. The Bertz CT molecular complexity index is 600. The van der Waals surface area contributed by atoms with Crippen molar-refractivity contribution in [1.29, 1.82) is 0 Å². The molecule has 0 bridgehead atoms. The minimum atomic E-state index is -0.222. The number of rotatable bonds is 2. The summed E-state index contributed by atoms with van der Waals surface area (Å²) >= 11 is 0. The normalized spacial score (nSPS) is 18.0. The third-order valence-corrected chi connectivity index (χ3v) is 3.99. The lowest BCUT2D eigenvalue weighted by Crippen LogP contribution is -2.51. The third kappa shape index (κ3) is 3.27. The van der Waals surface area contributed by atoms with E-state index in [4.69, 9.17) is 0 Å². The highest BCUT2D eigenvalue weighted by Crippen LogP contribution is 2.26. The molecule has 0 radical (unpaired) electrons. The van der Waals surface area contributed by atoms with E-state index in [2.05, 4.69) is 5.32 Å². The predicted octanol–water partition coefficient (Wildman–Crippen LogP) is 0.798. The number of benzene rings is 1. The Hall–Kier alpha value is -2.37. The molecule has 1 aromatic carbocycles. The molecule has 6 nitrogen and oxygen atoms in total. The van der Waals surface area contributed by atoms with Crippen LogP contribution in [-0.2, 0) is 9.59 Å². The summed E-state index contributed by atoms with van der Waals surface area (Å²) < 4.78 is 0. The van der Waals surface area contributed by atoms with Crippen LogP contribution in [0.15, 0.2) is 24.3 Å². The van der Waals surface area contributed by atoms with E-state index in [9.17, 15) is 14.4 Å². The molecule has 1 saturated heterocycles. The molecular formula is C16H21N3O3. The third-order valence-electron chi connectivity index (χ3n) is 3.99. The van der Waals surface area contributed by atoms with Gasteiger partial charge in [0.25, 0.3) is 5.91 Å². The molecular weight excluding hydrogens is 282 g/mol. The van der Waals surface area contributed by atoms with E-state index < -0.39 is 0 Å². The van der Waals surface area contributed by atoms with Crippen LogP contribution in [0, 0.1) is 0 Å². The van der Waals surface area contributed by atoms with Gasteiger partial charge in [-0.2, -0.15) is 0 Å². The molecule has 3 amide bonds. The molecule has 1 aliphatic rings. The first-order chi connectivity index (χ1) is 10.4. The molecule has 0 unspecified atom stereocenters. The van der Waals surface area contributed by atoms with Crippen molar-refractivity contribution >= 4 is 17.7 Å². The first-order valence-corrected chi connectivity index (χ1v) is 7.28. The van der Waals surface area contributed by atoms with Gasteiger partial charge in [0.2, 0.25) is 11.8 Å². The van der Waals surface area contributed by atoms with Crippen molar-refractivity contribution in [1.82, 2.24) is 15.1 Å². The zero-order chi connectivity index (χ0) is 16.3. The van der Waals surface area contributed by atoms with Gasteiger partial charge in [-0.1, -0.05) is 12.1 Å². The van der Waals surface area contributed by atoms with E-state index in [1.54, 1.807) is 35.0 Å². The summed E-state index contributed by atoms with van der Waals surface area (Å²) in [6.07, 6.45) is 0. The lowest BCUT2D eigenvalue weighted by Gasteiger charge is -2.41. The smallest absolute Gasteiger partial charge is 0.251 e. The summed E-state index contributed by atoms with van der Waals surface area (Å²) in [5, 5.41) is 2.59. The van der Waals surface area contributed by atoms with E-state index in [1.807, 2.05) is 6.07 Å². The molecule has 0 aromatic heterocycles. The Morgan fingerprint density at radius 1 is 1.14 bits per heavy atom. The van der Waals surface area contributed by atoms with Gasteiger partial charge in [0.15, 0.2) is 0 Å². The average Bonchev–Trinajstić information content (AvgIpc) is 2.53. The Balaban J connectivity index is 2.34. The summed E-state index contributed by atoms with van der Waals surface area (Å²) in [5.41, 5.74) is 1.41. The zero-order valence-electron chi connectivity index (χ0n) is 13.1. The molecule has 6 heteroatoms. The van der Waals surface area contributed by atoms with Crippen molar-refractivity contribution in [3.05, 3.63) is 35.4 Å².